The molecule has 0 saturated heterocycles. The van der Waals surface area contributed by atoms with E-state index in [2.05, 4.69) is 10.2 Å². The van der Waals surface area contributed by atoms with Crippen molar-refractivity contribution in [3.63, 3.8) is 0 Å². The van der Waals surface area contributed by atoms with E-state index in [0.29, 0.717) is 17.4 Å². The predicted octanol–water partition coefficient (Wildman–Crippen LogP) is 1.72. The standard InChI is InChI=1S/C12H12FN3O2S/c1-16-10(6-8-2-4-9(13)5-3-8)14-15-12(16)19-7-11(17)18/h2-5H,6-7H2,1H3,(H,17,18). The van der Waals surface area contributed by atoms with E-state index in [-0.39, 0.29) is 11.6 Å². The van der Waals surface area contributed by atoms with Gasteiger partial charge in [-0.2, -0.15) is 0 Å². The average molecular weight is 281 g/mol. The van der Waals surface area contributed by atoms with Crippen LogP contribution in [0.3, 0.4) is 0 Å². The topological polar surface area (TPSA) is 68.0 Å². The Morgan fingerprint density at radius 1 is 1.37 bits per heavy atom. The maximum Gasteiger partial charge on any atom is 0.313 e. The van der Waals surface area contributed by atoms with E-state index in [1.807, 2.05) is 0 Å². The van der Waals surface area contributed by atoms with Crippen molar-refractivity contribution in [3.05, 3.63) is 41.5 Å². The van der Waals surface area contributed by atoms with Crippen LogP contribution >= 0.6 is 11.8 Å². The van der Waals surface area contributed by atoms with Gasteiger partial charge in [0.15, 0.2) is 5.16 Å². The Morgan fingerprint density at radius 2 is 2.05 bits per heavy atom. The molecule has 19 heavy (non-hydrogen) atoms. The molecule has 0 unspecified atom stereocenters. The summed E-state index contributed by atoms with van der Waals surface area (Å²) in [6.07, 6.45) is 0.525. The highest BCUT2D eigenvalue weighted by atomic mass is 32.2. The summed E-state index contributed by atoms with van der Waals surface area (Å²) in [5.41, 5.74) is 0.923. The number of carboxylic acid groups (broad SMARTS) is 1. The third-order valence-electron chi connectivity index (χ3n) is 2.53. The summed E-state index contributed by atoms with van der Waals surface area (Å²) in [6.45, 7) is 0. The molecule has 1 aromatic heterocycles. The molecule has 0 atom stereocenters. The van der Waals surface area contributed by atoms with Gasteiger partial charge in [0.1, 0.15) is 11.6 Å². The molecule has 0 fully saturated rings. The average Bonchev–Trinajstić information content (AvgIpc) is 2.71. The van der Waals surface area contributed by atoms with Gasteiger partial charge in [-0.3, -0.25) is 4.79 Å². The molecular weight excluding hydrogens is 269 g/mol. The van der Waals surface area contributed by atoms with Crippen LogP contribution in [-0.2, 0) is 18.3 Å². The van der Waals surface area contributed by atoms with E-state index in [0.717, 1.165) is 17.3 Å². The number of benzene rings is 1. The first kappa shape index (κ1) is 13.5. The third kappa shape index (κ3) is 3.54. The molecule has 0 saturated carbocycles. The predicted molar refractivity (Wildman–Crippen MR) is 68.6 cm³/mol. The molecule has 1 heterocycles. The Balaban J connectivity index is 2.09. The van der Waals surface area contributed by atoms with Crippen LogP contribution in [-0.4, -0.2) is 31.6 Å². The van der Waals surface area contributed by atoms with Crippen molar-refractivity contribution in [1.29, 1.82) is 0 Å². The Labute approximate surface area is 113 Å². The smallest absolute Gasteiger partial charge is 0.313 e. The molecule has 0 aliphatic heterocycles. The summed E-state index contributed by atoms with van der Waals surface area (Å²) in [4.78, 5) is 10.5. The van der Waals surface area contributed by atoms with Gasteiger partial charge in [0.05, 0.1) is 5.75 Å². The van der Waals surface area contributed by atoms with E-state index in [1.54, 1.807) is 23.7 Å². The van der Waals surface area contributed by atoms with Crippen LogP contribution in [0.1, 0.15) is 11.4 Å². The summed E-state index contributed by atoms with van der Waals surface area (Å²) in [5.74, 6) is -0.519. The fraction of sp³-hybridized carbons (Fsp3) is 0.250. The van der Waals surface area contributed by atoms with Gasteiger partial charge in [-0.15, -0.1) is 10.2 Å². The second kappa shape index (κ2) is 5.83. The Morgan fingerprint density at radius 3 is 2.68 bits per heavy atom. The van der Waals surface area contributed by atoms with Gasteiger partial charge in [0, 0.05) is 13.5 Å². The van der Waals surface area contributed by atoms with Gasteiger partial charge in [-0.05, 0) is 17.7 Å². The minimum absolute atomic E-state index is 0.0531. The number of aliphatic carboxylic acids is 1. The maximum atomic E-state index is 12.8. The number of hydrogen-bond acceptors (Lipinski definition) is 4. The van der Waals surface area contributed by atoms with Crippen LogP contribution in [0.5, 0.6) is 0 Å². The van der Waals surface area contributed by atoms with Crippen molar-refractivity contribution < 1.29 is 14.3 Å². The molecule has 7 heteroatoms. The molecule has 0 radical (unpaired) electrons. The molecule has 0 aliphatic rings. The van der Waals surface area contributed by atoms with Crippen LogP contribution in [0, 0.1) is 5.82 Å². The van der Waals surface area contributed by atoms with E-state index in [4.69, 9.17) is 5.11 Å². The summed E-state index contributed by atoms with van der Waals surface area (Å²) < 4.78 is 14.5. The molecule has 0 bridgehead atoms. The lowest BCUT2D eigenvalue weighted by molar-refractivity contribution is -0.133. The molecule has 1 N–H and O–H groups in total. The number of halogens is 1. The van der Waals surface area contributed by atoms with Crippen molar-refractivity contribution in [2.75, 3.05) is 5.75 Å². The lowest BCUT2D eigenvalue weighted by Crippen LogP contribution is -2.03. The fourth-order valence-corrected chi connectivity index (χ4v) is 2.19. The lowest BCUT2D eigenvalue weighted by Gasteiger charge is -2.03. The molecule has 100 valence electrons. The zero-order valence-corrected chi connectivity index (χ0v) is 11.0. The van der Waals surface area contributed by atoms with Crippen molar-refractivity contribution in [1.82, 2.24) is 14.8 Å². The summed E-state index contributed by atoms with van der Waals surface area (Å²) >= 11 is 1.12. The third-order valence-corrected chi connectivity index (χ3v) is 3.53. The van der Waals surface area contributed by atoms with E-state index < -0.39 is 5.97 Å². The number of thioether (sulfide) groups is 1. The molecule has 0 spiro atoms. The molecule has 0 aliphatic carbocycles. The Hall–Kier alpha value is -1.89. The number of carboxylic acids is 1. The maximum absolute atomic E-state index is 12.8. The van der Waals surface area contributed by atoms with Crippen LogP contribution in [0.15, 0.2) is 29.4 Å². The number of hydrogen-bond donors (Lipinski definition) is 1. The van der Waals surface area contributed by atoms with Gasteiger partial charge in [0.2, 0.25) is 0 Å². The second-order valence-electron chi connectivity index (χ2n) is 3.94. The van der Waals surface area contributed by atoms with Gasteiger partial charge < -0.3 is 9.67 Å². The van der Waals surface area contributed by atoms with E-state index in [9.17, 15) is 9.18 Å². The van der Waals surface area contributed by atoms with Crippen molar-refractivity contribution >= 4 is 17.7 Å². The van der Waals surface area contributed by atoms with Crippen LogP contribution in [0.25, 0.3) is 0 Å². The molecule has 2 rings (SSSR count). The highest BCUT2D eigenvalue weighted by Gasteiger charge is 2.11. The summed E-state index contributed by atoms with van der Waals surface area (Å²) in [5, 5.41) is 17.1. The Bertz CT molecular complexity index is 583. The zero-order chi connectivity index (χ0) is 13.8. The van der Waals surface area contributed by atoms with Crippen molar-refractivity contribution in [2.24, 2.45) is 7.05 Å². The number of aromatic nitrogens is 3. The van der Waals surface area contributed by atoms with Crippen LogP contribution in [0.2, 0.25) is 0 Å². The quantitative estimate of drug-likeness (QED) is 0.845. The Kier molecular flexibility index (Phi) is 4.16. The minimum atomic E-state index is -0.895. The highest BCUT2D eigenvalue weighted by Crippen LogP contribution is 2.17. The highest BCUT2D eigenvalue weighted by molar-refractivity contribution is 7.99. The molecule has 2 aromatic rings. The van der Waals surface area contributed by atoms with Gasteiger partial charge >= 0.3 is 5.97 Å². The lowest BCUT2D eigenvalue weighted by atomic mass is 10.1. The molecular formula is C12H12FN3O2S. The fourth-order valence-electron chi connectivity index (χ4n) is 1.54. The SMILES string of the molecule is Cn1c(Cc2ccc(F)cc2)nnc1SCC(=O)O. The monoisotopic (exact) mass is 281 g/mol. The normalized spacial score (nSPS) is 10.6. The molecule has 1 aromatic carbocycles. The number of nitrogens with zero attached hydrogens (tertiary/aromatic N) is 3. The number of carbonyl (C=O) groups is 1. The van der Waals surface area contributed by atoms with Gasteiger partial charge in [-0.1, -0.05) is 23.9 Å². The van der Waals surface area contributed by atoms with E-state index >= 15 is 0 Å². The number of rotatable bonds is 5. The first-order valence-corrected chi connectivity index (χ1v) is 6.52. The largest absolute Gasteiger partial charge is 0.481 e. The minimum Gasteiger partial charge on any atom is -0.481 e. The first-order chi connectivity index (χ1) is 9.06. The molecule has 5 nitrogen and oxygen atoms in total. The molecule has 0 amide bonds. The zero-order valence-electron chi connectivity index (χ0n) is 10.2. The van der Waals surface area contributed by atoms with Crippen molar-refractivity contribution in [2.45, 2.75) is 11.6 Å². The second-order valence-corrected chi connectivity index (χ2v) is 4.89. The van der Waals surface area contributed by atoms with E-state index in [1.165, 1.54) is 12.1 Å². The van der Waals surface area contributed by atoms with Gasteiger partial charge in [-0.25, -0.2) is 4.39 Å². The summed E-state index contributed by atoms with van der Waals surface area (Å²) in [6, 6.07) is 6.17. The van der Waals surface area contributed by atoms with Crippen molar-refractivity contribution in [3.8, 4) is 0 Å². The van der Waals surface area contributed by atoms with Crippen LogP contribution in [0.4, 0.5) is 4.39 Å². The first-order valence-electron chi connectivity index (χ1n) is 5.53. The van der Waals surface area contributed by atoms with Gasteiger partial charge in [0.25, 0.3) is 0 Å². The van der Waals surface area contributed by atoms with Crippen LogP contribution < -0.4 is 0 Å². The summed E-state index contributed by atoms with van der Waals surface area (Å²) in [7, 11) is 1.78.